The molecule has 0 saturated carbocycles. The van der Waals surface area contributed by atoms with Crippen LogP contribution in [0.25, 0.3) is 6.08 Å². The number of carboxylic acid groups (broad SMARTS) is 1. The molecule has 0 unspecified atom stereocenters. The minimum absolute atomic E-state index is 0.185. The highest BCUT2D eigenvalue weighted by molar-refractivity contribution is 5.89. The van der Waals surface area contributed by atoms with Crippen LogP contribution in [0.5, 0.6) is 0 Å². The van der Waals surface area contributed by atoms with Gasteiger partial charge in [0.15, 0.2) is 0 Å². The standard InChI is InChI=1S/C12H12.C9H12O4/c1-2-3-4-6-9-12-10-7-5-8-11-12;1-6(8(10)11)4-5-7(2)9(12)13-3/h2-11H,1H2;4H,2,5H2,1,3H3,(H,10,11). The number of hydrogen-bond donors (Lipinski definition) is 1. The molecule has 0 bridgehead atoms. The Hall–Kier alpha value is -3.14. The zero-order chi connectivity index (χ0) is 19.1. The fourth-order valence-electron chi connectivity index (χ4n) is 1.46. The summed E-state index contributed by atoms with van der Waals surface area (Å²) in [6, 6.07) is 10.2. The summed E-state index contributed by atoms with van der Waals surface area (Å²) >= 11 is 0. The highest BCUT2D eigenvalue weighted by Gasteiger charge is 2.05. The second-order valence-corrected chi connectivity index (χ2v) is 4.88. The second-order valence-electron chi connectivity index (χ2n) is 4.88. The van der Waals surface area contributed by atoms with Crippen LogP contribution in [-0.4, -0.2) is 24.2 Å². The summed E-state index contributed by atoms with van der Waals surface area (Å²) in [6.45, 7) is 8.48. The molecule has 4 heteroatoms. The minimum atomic E-state index is -1.00. The van der Waals surface area contributed by atoms with Gasteiger partial charge in [0.25, 0.3) is 0 Å². The number of hydrogen-bond acceptors (Lipinski definition) is 3. The Morgan fingerprint density at radius 3 is 2.32 bits per heavy atom. The fraction of sp³-hybridized carbons (Fsp3) is 0.143. The van der Waals surface area contributed by atoms with Crippen LogP contribution < -0.4 is 0 Å². The van der Waals surface area contributed by atoms with E-state index in [1.54, 1.807) is 6.08 Å². The Labute approximate surface area is 149 Å². The largest absolute Gasteiger partial charge is 0.478 e. The lowest BCUT2D eigenvalue weighted by Gasteiger charge is -1.99. The maximum atomic E-state index is 10.8. The number of aliphatic carboxylic acids is 1. The number of benzene rings is 1. The van der Waals surface area contributed by atoms with Crippen molar-refractivity contribution in [1.82, 2.24) is 0 Å². The van der Waals surface area contributed by atoms with Gasteiger partial charge in [-0.15, -0.1) is 0 Å². The van der Waals surface area contributed by atoms with Crippen molar-refractivity contribution < 1.29 is 19.4 Å². The summed E-state index contributed by atoms with van der Waals surface area (Å²) < 4.78 is 4.39. The highest BCUT2D eigenvalue weighted by atomic mass is 16.5. The average molecular weight is 340 g/mol. The summed E-state index contributed by atoms with van der Waals surface area (Å²) in [4.78, 5) is 21.1. The molecular weight excluding hydrogens is 316 g/mol. The molecule has 0 heterocycles. The molecule has 4 nitrogen and oxygen atoms in total. The molecule has 1 rings (SSSR count). The Morgan fingerprint density at radius 2 is 1.80 bits per heavy atom. The molecular formula is C21H24O4. The van der Waals surface area contributed by atoms with Crippen LogP contribution in [0.2, 0.25) is 0 Å². The molecule has 1 N–H and O–H groups in total. The zero-order valence-electron chi connectivity index (χ0n) is 14.6. The molecule has 0 saturated heterocycles. The molecule has 0 spiro atoms. The third-order valence-electron chi connectivity index (χ3n) is 2.91. The molecule has 132 valence electrons. The molecule has 1 aromatic rings. The van der Waals surface area contributed by atoms with Crippen molar-refractivity contribution in [2.24, 2.45) is 0 Å². The predicted molar refractivity (Wildman–Crippen MR) is 102 cm³/mol. The topological polar surface area (TPSA) is 63.6 Å². The van der Waals surface area contributed by atoms with E-state index in [4.69, 9.17) is 5.11 Å². The second kappa shape index (κ2) is 13.3. The Kier molecular flexibility index (Phi) is 11.6. The lowest BCUT2D eigenvalue weighted by Crippen LogP contribution is -2.03. The summed E-state index contributed by atoms with van der Waals surface area (Å²) in [5.74, 6) is -1.52. The first-order valence-electron chi connectivity index (χ1n) is 7.59. The van der Waals surface area contributed by atoms with Crippen LogP contribution in [-0.2, 0) is 14.3 Å². The minimum Gasteiger partial charge on any atom is -0.478 e. The molecule has 0 aliphatic heterocycles. The van der Waals surface area contributed by atoms with Crippen LogP contribution in [0, 0.1) is 0 Å². The van der Waals surface area contributed by atoms with Gasteiger partial charge in [-0.25, -0.2) is 9.59 Å². The van der Waals surface area contributed by atoms with Crippen molar-refractivity contribution in [2.75, 3.05) is 7.11 Å². The first kappa shape index (κ1) is 21.9. The first-order chi connectivity index (χ1) is 11.9. The van der Waals surface area contributed by atoms with Gasteiger partial charge in [0.1, 0.15) is 0 Å². The number of ether oxygens (including phenoxy) is 1. The molecule has 1 aromatic carbocycles. The van der Waals surface area contributed by atoms with E-state index < -0.39 is 11.9 Å². The van der Waals surface area contributed by atoms with E-state index in [0.717, 1.165) is 0 Å². The number of esters is 1. The SMILES string of the molecule is C=C(CC=C(C)C(=O)O)C(=O)OC.C=CC=CC=Cc1ccccc1. The van der Waals surface area contributed by atoms with Crippen molar-refractivity contribution >= 4 is 18.0 Å². The lowest BCUT2D eigenvalue weighted by atomic mass is 10.1. The Bertz CT molecular complexity index is 664. The Morgan fingerprint density at radius 1 is 1.16 bits per heavy atom. The summed E-state index contributed by atoms with van der Waals surface area (Å²) in [5, 5.41) is 8.48. The van der Waals surface area contributed by atoms with Gasteiger partial charge in [-0.2, -0.15) is 0 Å². The molecule has 0 atom stereocenters. The third kappa shape index (κ3) is 11.1. The molecule has 0 aromatic heterocycles. The summed E-state index contributed by atoms with van der Waals surface area (Å²) in [7, 11) is 1.25. The average Bonchev–Trinajstić information content (AvgIpc) is 2.63. The van der Waals surface area contributed by atoms with E-state index in [0.29, 0.717) is 0 Å². The molecule has 0 radical (unpaired) electrons. The number of methoxy groups -OCH3 is 1. The quantitative estimate of drug-likeness (QED) is 0.448. The number of rotatable bonds is 7. The van der Waals surface area contributed by atoms with Crippen LogP contribution in [0.1, 0.15) is 18.9 Å². The normalized spacial score (nSPS) is 10.9. The van der Waals surface area contributed by atoms with Crippen LogP contribution in [0.15, 0.2) is 85.0 Å². The van der Waals surface area contributed by atoms with Gasteiger partial charge in [-0.1, -0.05) is 79.9 Å². The maximum Gasteiger partial charge on any atom is 0.333 e. The van der Waals surface area contributed by atoms with Crippen LogP contribution >= 0.6 is 0 Å². The number of allylic oxidation sites excluding steroid dienone is 5. The van der Waals surface area contributed by atoms with E-state index >= 15 is 0 Å². The Balaban J connectivity index is 0.000000462. The molecule has 0 aliphatic carbocycles. The van der Waals surface area contributed by atoms with Gasteiger partial charge >= 0.3 is 11.9 Å². The van der Waals surface area contributed by atoms with Crippen molar-refractivity contribution in [3.63, 3.8) is 0 Å². The zero-order valence-corrected chi connectivity index (χ0v) is 14.6. The molecule has 0 fully saturated rings. The first-order valence-corrected chi connectivity index (χ1v) is 7.59. The smallest absolute Gasteiger partial charge is 0.333 e. The predicted octanol–water partition coefficient (Wildman–Crippen LogP) is 4.58. The van der Waals surface area contributed by atoms with E-state index in [-0.39, 0.29) is 17.6 Å². The summed E-state index contributed by atoms with van der Waals surface area (Å²) in [5.41, 5.74) is 1.64. The molecule has 25 heavy (non-hydrogen) atoms. The summed E-state index contributed by atoms with van der Waals surface area (Å²) in [6.07, 6.45) is 11.3. The van der Waals surface area contributed by atoms with Gasteiger partial charge in [0.05, 0.1) is 7.11 Å². The van der Waals surface area contributed by atoms with Gasteiger partial charge in [0.2, 0.25) is 0 Å². The molecule has 0 aliphatic rings. The van der Waals surface area contributed by atoms with E-state index in [2.05, 4.69) is 36.1 Å². The van der Waals surface area contributed by atoms with Crippen LogP contribution in [0.3, 0.4) is 0 Å². The van der Waals surface area contributed by atoms with Crippen molar-refractivity contribution in [3.05, 3.63) is 90.6 Å². The van der Waals surface area contributed by atoms with Gasteiger partial charge in [0, 0.05) is 11.1 Å². The van der Waals surface area contributed by atoms with Gasteiger partial charge in [-0.05, 0) is 18.9 Å². The number of carbonyl (C=O) groups is 2. The number of carboxylic acids is 1. The third-order valence-corrected chi connectivity index (χ3v) is 2.91. The lowest BCUT2D eigenvalue weighted by molar-refractivity contribution is -0.136. The maximum absolute atomic E-state index is 10.8. The van der Waals surface area contributed by atoms with E-state index in [1.165, 1.54) is 25.7 Å². The van der Waals surface area contributed by atoms with Crippen LogP contribution in [0.4, 0.5) is 0 Å². The van der Waals surface area contributed by atoms with Crippen molar-refractivity contribution in [1.29, 1.82) is 0 Å². The highest BCUT2D eigenvalue weighted by Crippen LogP contribution is 2.04. The van der Waals surface area contributed by atoms with Crippen molar-refractivity contribution in [2.45, 2.75) is 13.3 Å². The molecule has 0 amide bonds. The van der Waals surface area contributed by atoms with Gasteiger partial charge < -0.3 is 9.84 Å². The number of carbonyl (C=O) groups excluding carboxylic acids is 1. The van der Waals surface area contributed by atoms with Gasteiger partial charge in [-0.3, -0.25) is 0 Å². The van der Waals surface area contributed by atoms with Crippen molar-refractivity contribution in [3.8, 4) is 0 Å². The van der Waals surface area contributed by atoms with E-state index in [1.807, 2.05) is 36.4 Å². The van der Waals surface area contributed by atoms with E-state index in [9.17, 15) is 9.59 Å². The monoisotopic (exact) mass is 340 g/mol. The fourth-order valence-corrected chi connectivity index (χ4v) is 1.46.